The molecule has 0 atom stereocenters. The smallest absolute Gasteiger partial charge is 0.244 e. The van der Waals surface area contributed by atoms with Gasteiger partial charge in [0, 0.05) is 27.1 Å². The number of rotatable bonds is 4. The molecule has 1 amide bonds. The number of carbonyl (C=O) groups excluding carboxylic acids is 1. The van der Waals surface area contributed by atoms with Gasteiger partial charge in [0.15, 0.2) is 5.43 Å². The van der Waals surface area contributed by atoms with Crippen LogP contribution in [0.25, 0.3) is 10.9 Å². The second-order valence-corrected chi connectivity index (χ2v) is 6.71. The first-order valence-corrected chi connectivity index (χ1v) is 8.57. The Bertz CT molecular complexity index is 1020. The van der Waals surface area contributed by atoms with E-state index in [0.717, 1.165) is 4.47 Å². The predicted octanol–water partition coefficient (Wildman–Crippen LogP) is 4.06. The first-order valence-electron chi connectivity index (χ1n) is 7.40. The second kappa shape index (κ2) is 7.29. The summed E-state index contributed by atoms with van der Waals surface area (Å²) in [6.45, 7) is 0.0497. The minimum atomic E-state index is -0.256. The molecule has 0 aliphatic rings. The molecule has 0 aliphatic heterocycles. The van der Waals surface area contributed by atoms with Gasteiger partial charge in [-0.2, -0.15) is 0 Å². The van der Waals surface area contributed by atoms with Crippen molar-refractivity contribution >= 4 is 50.0 Å². The Hall–Kier alpha value is -2.31. The standard InChI is InChI=1S/C18H14BrClN2O3/c1-25-17-5-3-12(20)9-14(17)21-18(24)10-22-7-6-16(23)13-8-11(19)2-4-15(13)22/h2-9H,10H2,1H3,(H,21,24). The molecule has 3 aromatic rings. The molecule has 1 heterocycles. The highest BCUT2D eigenvalue weighted by Crippen LogP contribution is 2.27. The van der Waals surface area contributed by atoms with Crippen LogP contribution in [0.5, 0.6) is 5.75 Å². The lowest BCUT2D eigenvalue weighted by molar-refractivity contribution is -0.116. The van der Waals surface area contributed by atoms with E-state index in [1.807, 2.05) is 6.07 Å². The number of halogens is 2. The van der Waals surface area contributed by atoms with Gasteiger partial charge < -0.3 is 14.6 Å². The highest BCUT2D eigenvalue weighted by Gasteiger charge is 2.11. The summed E-state index contributed by atoms with van der Waals surface area (Å²) in [6.07, 6.45) is 1.60. The molecule has 0 saturated heterocycles. The quantitative estimate of drug-likeness (QED) is 0.691. The number of hydrogen-bond acceptors (Lipinski definition) is 3. The Kier molecular flexibility index (Phi) is 5.11. The number of amides is 1. The zero-order chi connectivity index (χ0) is 18.0. The Labute approximate surface area is 157 Å². The van der Waals surface area contributed by atoms with Crippen molar-refractivity contribution in [2.45, 2.75) is 6.54 Å². The molecule has 0 bridgehead atoms. The van der Waals surface area contributed by atoms with Crippen molar-refractivity contribution in [3.05, 3.63) is 68.4 Å². The summed E-state index contributed by atoms with van der Waals surface area (Å²) >= 11 is 9.33. The van der Waals surface area contributed by atoms with E-state index >= 15 is 0 Å². The monoisotopic (exact) mass is 420 g/mol. The van der Waals surface area contributed by atoms with Crippen LogP contribution in [-0.4, -0.2) is 17.6 Å². The fourth-order valence-electron chi connectivity index (χ4n) is 2.54. The van der Waals surface area contributed by atoms with Gasteiger partial charge in [0.2, 0.25) is 5.91 Å². The molecule has 0 saturated carbocycles. The molecule has 5 nitrogen and oxygen atoms in total. The van der Waals surface area contributed by atoms with E-state index in [1.54, 1.807) is 41.1 Å². The number of ether oxygens (including phenoxy) is 1. The molecule has 0 unspecified atom stereocenters. The number of hydrogen-bond donors (Lipinski definition) is 1. The fraction of sp³-hybridized carbons (Fsp3) is 0.111. The first-order chi connectivity index (χ1) is 12.0. The Morgan fingerprint density at radius 1 is 1.24 bits per heavy atom. The maximum Gasteiger partial charge on any atom is 0.244 e. The summed E-state index contributed by atoms with van der Waals surface area (Å²) in [4.78, 5) is 24.5. The predicted molar refractivity (Wildman–Crippen MR) is 103 cm³/mol. The minimum absolute atomic E-state index is 0.0497. The molecule has 1 aromatic heterocycles. The number of pyridine rings is 1. The van der Waals surface area contributed by atoms with Crippen LogP contribution in [0.3, 0.4) is 0 Å². The highest BCUT2D eigenvalue weighted by molar-refractivity contribution is 9.10. The van der Waals surface area contributed by atoms with Crippen LogP contribution in [0, 0.1) is 0 Å². The lowest BCUT2D eigenvalue weighted by atomic mass is 10.2. The van der Waals surface area contributed by atoms with Crippen LogP contribution in [0.15, 0.2) is 57.9 Å². The van der Waals surface area contributed by atoms with Gasteiger partial charge in [-0.05, 0) is 36.4 Å². The molecule has 0 fully saturated rings. The van der Waals surface area contributed by atoms with E-state index in [1.165, 1.54) is 13.2 Å². The number of nitrogens with zero attached hydrogens (tertiary/aromatic N) is 1. The largest absolute Gasteiger partial charge is 0.495 e. The summed E-state index contributed by atoms with van der Waals surface area (Å²) in [5, 5.41) is 3.83. The van der Waals surface area contributed by atoms with Crippen molar-refractivity contribution in [3.8, 4) is 5.75 Å². The number of aromatic nitrogens is 1. The van der Waals surface area contributed by atoms with Gasteiger partial charge in [-0.1, -0.05) is 27.5 Å². The zero-order valence-corrected chi connectivity index (χ0v) is 15.6. The summed E-state index contributed by atoms with van der Waals surface area (Å²) in [7, 11) is 1.52. The molecule has 3 rings (SSSR count). The molecular formula is C18H14BrClN2O3. The number of methoxy groups -OCH3 is 1. The molecule has 0 aliphatic carbocycles. The van der Waals surface area contributed by atoms with Crippen molar-refractivity contribution in [1.29, 1.82) is 0 Å². The van der Waals surface area contributed by atoms with E-state index in [2.05, 4.69) is 21.2 Å². The highest BCUT2D eigenvalue weighted by atomic mass is 79.9. The number of anilines is 1. The third-order valence-electron chi connectivity index (χ3n) is 3.69. The first kappa shape index (κ1) is 17.5. The van der Waals surface area contributed by atoms with E-state index in [0.29, 0.717) is 27.4 Å². The van der Waals surface area contributed by atoms with Crippen molar-refractivity contribution in [2.24, 2.45) is 0 Å². The summed E-state index contributed by atoms with van der Waals surface area (Å²) in [6, 6.07) is 11.8. The fourth-order valence-corrected chi connectivity index (χ4v) is 3.08. The van der Waals surface area contributed by atoms with E-state index in [4.69, 9.17) is 16.3 Å². The Balaban J connectivity index is 1.89. The topological polar surface area (TPSA) is 60.3 Å². The van der Waals surface area contributed by atoms with E-state index < -0.39 is 0 Å². The molecule has 2 aromatic carbocycles. The summed E-state index contributed by atoms with van der Waals surface area (Å²) in [5.74, 6) is 0.264. The summed E-state index contributed by atoms with van der Waals surface area (Å²) < 4.78 is 7.75. The average Bonchev–Trinajstić information content (AvgIpc) is 2.58. The van der Waals surface area contributed by atoms with Gasteiger partial charge in [0.1, 0.15) is 12.3 Å². The van der Waals surface area contributed by atoms with Gasteiger partial charge >= 0.3 is 0 Å². The molecule has 25 heavy (non-hydrogen) atoms. The number of benzene rings is 2. The third kappa shape index (κ3) is 3.86. The minimum Gasteiger partial charge on any atom is -0.495 e. The van der Waals surface area contributed by atoms with Crippen LogP contribution < -0.4 is 15.5 Å². The molecule has 128 valence electrons. The van der Waals surface area contributed by atoms with Gasteiger partial charge in [-0.25, -0.2) is 0 Å². The van der Waals surface area contributed by atoms with Crippen LogP contribution in [0.2, 0.25) is 5.02 Å². The maximum absolute atomic E-state index is 12.4. The van der Waals surface area contributed by atoms with Crippen LogP contribution in [-0.2, 0) is 11.3 Å². The molecule has 7 heteroatoms. The maximum atomic E-state index is 12.4. The van der Waals surface area contributed by atoms with Crippen LogP contribution in [0.1, 0.15) is 0 Å². The van der Waals surface area contributed by atoms with Crippen molar-refractivity contribution < 1.29 is 9.53 Å². The van der Waals surface area contributed by atoms with Crippen molar-refractivity contribution in [3.63, 3.8) is 0 Å². The lowest BCUT2D eigenvalue weighted by Gasteiger charge is -2.13. The summed E-state index contributed by atoms with van der Waals surface area (Å²) in [5.41, 5.74) is 1.08. The van der Waals surface area contributed by atoms with Gasteiger partial charge in [0.25, 0.3) is 0 Å². The van der Waals surface area contributed by atoms with Gasteiger partial charge in [-0.15, -0.1) is 0 Å². The Morgan fingerprint density at radius 2 is 2.04 bits per heavy atom. The third-order valence-corrected chi connectivity index (χ3v) is 4.42. The Morgan fingerprint density at radius 3 is 2.80 bits per heavy atom. The molecule has 0 radical (unpaired) electrons. The van der Waals surface area contributed by atoms with Crippen molar-refractivity contribution in [1.82, 2.24) is 4.57 Å². The zero-order valence-electron chi connectivity index (χ0n) is 13.3. The molecular weight excluding hydrogens is 408 g/mol. The lowest BCUT2D eigenvalue weighted by Crippen LogP contribution is -2.20. The number of nitrogens with one attached hydrogen (secondary N) is 1. The number of carbonyl (C=O) groups is 1. The van der Waals surface area contributed by atoms with Gasteiger partial charge in [0.05, 0.1) is 18.3 Å². The number of fused-ring (bicyclic) bond motifs is 1. The van der Waals surface area contributed by atoms with E-state index in [9.17, 15) is 9.59 Å². The van der Waals surface area contributed by atoms with Crippen LogP contribution >= 0.6 is 27.5 Å². The van der Waals surface area contributed by atoms with Crippen LogP contribution in [0.4, 0.5) is 5.69 Å². The normalized spacial score (nSPS) is 10.7. The SMILES string of the molecule is COc1ccc(Cl)cc1NC(=O)Cn1ccc(=O)c2cc(Br)ccc21. The van der Waals surface area contributed by atoms with E-state index in [-0.39, 0.29) is 17.9 Å². The van der Waals surface area contributed by atoms with Gasteiger partial charge in [-0.3, -0.25) is 9.59 Å². The average molecular weight is 422 g/mol. The second-order valence-electron chi connectivity index (χ2n) is 5.36. The van der Waals surface area contributed by atoms with Crippen molar-refractivity contribution in [2.75, 3.05) is 12.4 Å². The molecule has 1 N–H and O–H groups in total. The molecule has 0 spiro atoms.